The summed E-state index contributed by atoms with van der Waals surface area (Å²) in [7, 11) is 1.47. The molecular formula is C11H15N5O5. The van der Waals surface area contributed by atoms with E-state index in [1.165, 1.54) is 17.9 Å². The topological polar surface area (TPSA) is 149 Å². The molecule has 4 atom stereocenters. The van der Waals surface area contributed by atoms with Crippen molar-refractivity contribution in [2.75, 3.05) is 12.3 Å². The number of nitrogen functional groups attached to an aromatic ring is 1. The normalized spacial score (nSPS) is 29.3. The molecule has 1 saturated heterocycles. The van der Waals surface area contributed by atoms with Crippen molar-refractivity contribution in [3.63, 3.8) is 0 Å². The van der Waals surface area contributed by atoms with E-state index in [1.807, 2.05) is 0 Å². The Bertz CT molecular complexity index is 740. The second-order valence-electron chi connectivity index (χ2n) is 4.89. The van der Waals surface area contributed by atoms with Gasteiger partial charge in [-0.25, -0.2) is 4.98 Å². The van der Waals surface area contributed by atoms with E-state index in [1.54, 1.807) is 0 Å². The van der Waals surface area contributed by atoms with Crippen LogP contribution in [0.4, 0.5) is 5.95 Å². The van der Waals surface area contributed by atoms with Gasteiger partial charge < -0.3 is 25.8 Å². The van der Waals surface area contributed by atoms with E-state index in [-0.39, 0.29) is 17.1 Å². The van der Waals surface area contributed by atoms with Crippen LogP contribution < -0.4 is 11.3 Å². The third-order valence-corrected chi connectivity index (χ3v) is 3.63. The van der Waals surface area contributed by atoms with Crippen LogP contribution in [0.15, 0.2) is 11.1 Å². The van der Waals surface area contributed by atoms with Gasteiger partial charge in [0.25, 0.3) is 5.56 Å². The first kappa shape index (κ1) is 13.9. The minimum Gasteiger partial charge on any atom is -0.394 e. The van der Waals surface area contributed by atoms with Gasteiger partial charge in [0, 0.05) is 7.05 Å². The Kier molecular flexibility index (Phi) is 3.17. The van der Waals surface area contributed by atoms with E-state index < -0.39 is 36.7 Å². The van der Waals surface area contributed by atoms with Gasteiger partial charge in [-0.2, -0.15) is 4.98 Å². The molecule has 21 heavy (non-hydrogen) atoms. The number of anilines is 1. The average molecular weight is 297 g/mol. The fourth-order valence-corrected chi connectivity index (χ4v) is 2.36. The molecule has 3 heterocycles. The summed E-state index contributed by atoms with van der Waals surface area (Å²) < 4.78 is 7.85. The van der Waals surface area contributed by atoms with Crippen LogP contribution in [-0.2, 0) is 11.8 Å². The van der Waals surface area contributed by atoms with Gasteiger partial charge in [-0.15, -0.1) is 0 Å². The zero-order chi connectivity index (χ0) is 15.3. The summed E-state index contributed by atoms with van der Waals surface area (Å²) in [4.78, 5) is 20.0. The van der Waals surface area contributed by atoms with Crippen LogP contribution in [-0.4, -0.2) is 59.3 Å². The maximum Gasteiger partial charge on any atom is 0.282 e. The summed E-state index contributed by atoms with van der Waals surface area (Å²) in [6.07, 6.45) is -3.20. The van der Waals surface area contributed by atoms with Gasteiger partial charge in [0.15, 0.2) is 17.4 Å². The number of imidazole rings is 1. The van der Waals surface area contributed by atoms with Gasteiger partial charge in [-0.3, -0.25) is 13.9 Å². The molecule has 1 aliphatic heterocycles. The largest absolute Gasteiger partial charge is 0.394 e. The lowest BCUT2D eigenvalue weighted by Crippen LogP contribution is -2.33. The Balaban J connectivity index is 2.12. The molecule has 0 aliphatic carbocycles. The minimum absolute atomic E-state index is 0.0130. The standard InChI is InChI=1S/C11H15N5O5/c1-15-9(20)5-8(14-11(15)12)16(3-13-5)10-7(19)6(18)4(2-17)21-10/h3-4,6-7,10,17-19H,2H2,1H3,(H2,12,14)/t4-,6+,7-,10-/m0/s1. The molecule has 0 amide bonds. The summed E-state index contributed by atoms with van der Waals surface area (Å²) in [6.45, 7) is -0.446. The maximum atomic E-state index is 12.0. The van der Waals surface area contributed by atoms with E-state index >= 15 is 0 Å². The van der Waals surface area contributed by atoms with Crippen LogP contribution in [0.3, 0.4) is 0 Å². The van der Waals surface area contributed by atoms with Crippen molar-refractivity contribution in [3.8, 4) is 0 Å². The first-order valence-corrected chi connectivity index (χ1v) is 6.27. The van der Waals surface area contributed by atoms with Crippen molar-refractivity contribution in [2.24, 2.45) is 7.05 Å². The molecule has 0 radical (unpaired) electrons. The van der Waals surface area contributed by atoms with E-state index in [4.69, 9.17) is 15.6 Å². The van der Waals surface area contributed by atoms with Crippen LogP contribution in [0.5, 0.6) is 0 Å². The molecule has 3 rings (SSSR count). The Morgan fingerprint density at radius 2 is 2.14 bits per heavy atom. The van der Waals surface area contributed by atoms with Crippen molar-refractivity contribution in [3.05, 3.63) is 16.7 Å². The van der Waals surface area contributed by atoms with E-state index in [2.05, 4.69) is 9.97 Å². The van der Waals surface area contributed by atoms with Crippen molar-refractivity contribution in [1.29, 1.82) is 0 Å². The van der Waals surface area contributed by atoms with Crippen LogP contribution >= 0.6 is 0 Å². The predicted octanol–water partition coefficient (Wildman–Crippen LogP) is -2.68. The van der Waals surface area contributed by atoms with Crippen molar-refractivity contribution in [2.45, 2.75) is 24.5 Å². The Morgan fingerprint density at radius 1 is 1.43 bits per heavy atom. The highest BCUT2D eigenvalue weighted by atomic mass is 16.6. The second-order valence-corrected chi connectivity index (χ2v) is 4.89. The van der Waals surface area contributed by atoms with Crippen molar-refractivity contribution >= 4 is 17.1 Å². The third kappa shape index (κ3) is 1.92. The number of hydrogen-bond acceptors (Lipinski definition) is 8. The molecule has 0 unspecified atom stereocenters. The summed E-state index contributed by atoms with van der Waals surface area (Å²) >= 11 is 0. The van der Waals surface area contributed by atoms with Crippen molar-refractivity contribution in [1.82, 2.24) is 19.1 Å². The molecule has 2 aromatic rings. The zero-order valence-electron chi connectivity index (χ0n) is 11.1. The Labute approximate surface area is 118 Å². The van der Waals surface area contributed by atoms with E-state index in [9.17, 15) is 15.0 Å². The van der Waals surface area contributed by atoms with Crippen molar-refractivity contribution < 1.29 is 20.1 Å². The lowest BCUT2D eigenvalue weighted by Gasteiger charge is -2.16. The first-order chi connectivity index (χ1) is 9.95. The molecule has 114 valence electrons. The van der Waals surface area contributed by atoms with E-state index in [0.29, 0.717) is 0 Å². The Morgan fingerprint density at radius 3 is 2.76 bits per heavy atom. The average Bonchev–Trinajstić information content (AvgIpc) is 2.99. The number of rotatable bonds is 2. The third-order valence-electron chi connectivity index (χ3n) is 3.63. The highest BCUT2D eigenvalue weighted by Crippen LogP contribution is 2.30. The molecule has 0 spiro atoms. The van der Waals surface area contributed by atoms with Crippen LogP contribution in [0.2, 0.25) is 0 Å². The molecule has 5 N–H and O–H groups in total. The smallest absolute Gasteiger partial charge is 0.282 e. The fraction of sp³-hybridized carbons (Fsp3) is 0.545. The van der Waals surface area contributed by atoms with Gasteiger partial charge >= 0.3 is 0 Å². The van der Waals surface area contributed by atoms with Gasteiger partial charge in [-0.05, 0) is 0 Å². The number of nitrogens with two attached hydrogens (primary N) is 1. The highest BCUT2D eigenvalue weighted by Gasteiger charge is 2.44. The quantitative estimate of drug-likeness (QED) is 0.468. The number of aromatic nitrogens is 4. The fourth-order valence-electron chi connectivity index (χ4n) is 2.36. The molecule has 0 saturated carbocycles. The van der Waals surface area contributed by atoms with Gasteiger partial charge in [0.1, 0.15) is 18.3 Å². The van der Waals surface area contributed by atoms with Crippen LogP contribution in [0.25, 0.3) is 11.2 Å². The molecule has 1 aliphatic rings. The summed E-state index contributed by atoms with van der Waals surface area (Å²) in [6, 6.07) is 0. The number of ether oxygens (including phenoxy) is 1. The SMILES string of the molecule is Cn1c(N)nc2c(ncn2[C@H]2O[C@@H](CO)[C@@H](O)[C@@H]2O)c1=O. The summed E-state index contributed by atoms with van der Waals surface area (Å²) in [5.41, 5.74) is 5.44. The molecule has 10 heteroatoms. The molecule has 10 nitrogen and oxygen atoms in total. The summed E-state index contributed by atoms with van der Waals surface area (Å²) in [5, 5.41) is 28.9. The first-order valence-electron chi connectivity index (χ1n) is 6.27. The monoisotopic (exact) mass is 297 g/mol. The lowest BCUT2D eigenvalue weighted by atomic mass is 10.1. The zero-order valence-corrected chi connectivity index (χ0v) is 11.1. The van der Waals surface area contributed by atoms with Gasteiger partial charge in [0.2, 0.25) is 5.95 Å². The second kappa shape index (κ2) is 4.77. The molecule has 0 aromatic carbocycles. The molecule has 0 bridgehead atoms. The number of aliphatic hydroxyl groups is 3. The Hall–Kier alpha value is -2.01. The van der Waals surface area contributed by atoms with Gasteiger partial charge in [-0.1, -0.05) is 0 Å². The van der Waals surface area contributed by atoms with Crippen LogP contribution in [0, 0.1) is 0 Å². The molecule has 2 aromatic heterocycles. The number of fused-ring (bicyclic) bond motifs is 1. The number of hydrogen-bond donors (Lipinski definition) is 4. The maximum absolute atomic E-state index is 12.0. The summed E-state index contributed by atoms with van der Waals surface area (Å²) in [5.74, 6) is -0.0130. The predicted molar refractivity (Wildman–Crippen MR) is 70.2 cm³/mol. The van der Waals surface area contributed by atoms with Crippen LogP contribution in [0.1, 0.15) is 6.23 Å². The number of aliphatic hydroxyl groups excluding tert-OH is 3. The lowest BCUT2D eigenvalue weighted by molar-refractivity contribution is -0.0511. The van der Waals surface area contributed by atoms with E-state index in [0.717, 1.165) is 4.57 Å². The molecule has 1 fully saturated rings. The molecular weight excluding hydrogens is 282 g/mol. The minimum atomic E-state index is -1.29. The number of nitrogens with zero attached hydrogens (tertiary/aromatic N) is 4. The van der Waals surface area contributed by atoms with Gasteiger partial charge in [0.05, 0.1) is 12.9 Å². The highest BCUT2D eigenvalue weighted by molar-refractivity contribution is 5.71.